The van der Waals surface area contributed by atoms with Crippen LogP contribution in [0.3, 0.4) is 0 Å². The maximum absolute atomic E-state index is 11.9. The minimum absolute atomic E-state index is 0. The van der Waals surface area contributed by atoms with Gasteiger partial charge in [0, 0.05) is 2.85 Å². The van der Waals surface area contributed by atoms with Crippen molar-refractivity contribution in [1.29, 1.82) is 0 Å². The van der Waals surface area contributed by atoms with Gasteiger partial charge >= 0.3 is 41.5 Å². The number of carboxylic acids is 1. The van der Waals surface area contributed by atoms with Gasteiger partial charge in [0.1, 0.15) is 30.6 Å². The molecule has 2 saturated carbocycles. The van der Waals surface area contributed by atoms with E-state index in [1.807, 2.05) is 6.92 Å². The molecule has 238 valence electrons. The summed E-state index contributed by atoms with van der Waals surface area (Å²) < 4.78 is 5.64. The van der Waals surface area contributed by atoms with Crippen LogP contribution in [0, 0.1) is 49.4 Å². The van der Waals surface area contributed by atoms with Crippen molar-refractivity contribution in [2.24, 2.45) is 35.5 Å². The fourth-order valence-corrected chi connectivity index (χ4v) is 6.03. The quantitative estimate of drug-likeness (QED) is 0.276. The summed E-state index contributed by atoms with van der Waals surface area (Å²) in [6, 6.07) is 0. The number of aliphatic carboxylic acids is 1. The Balaban J connectivity index is -0.000000579. The number of aliphatic hydroxyl groups is 1. The first kappa shape index (κ1) is 40.1. The van der Waals surface area contributed by atoms with Crippen molar-refractivity contribution >= 4 is 11.9 Å². The number of ether oxygens (including phenoxy) is 1. The molecule has 0 aliphatic heterocycles. The van der Waals surface area contributed by atoms with Crippen LogP contribution in [0.5, 0.6) is 0 Å². The van der Waals surface area contributed by atoms with Crippen LogP contribution in [0.1, 0.15) is 93.4 Å². The Kier molecular flexibility index (Phi) is 19.3. The van der Waals surface area contributed by atoms with Crippen LogP contribution in [0.15, 0.2) is 0 Å². The number of hydrogen-bond donors (Lipinski definition) is 4. The van der Waals surface area contributed by atoms with Crippen molar-refractivity contribution < 1.29 is 62.1 Å². The van der Waals surface area contributed by atoms with E-state index >= 15 is 0 Å². The topological polar surface area (TPSA) is 190 Å². The van der Waals surface area contributed by atoms with Crippen LogP contribution in [-0.2, 0) is 27.2 Å². The van der Waals surface area contributed by atoms with Gasteiger partial charge in [0.25, 0.3) is 0 Å². The number of aryl methyl sites for hydroxylation is 2. The molecule has 2 aliphatic carbocycles. The Labute approximate surface area is 275 Å². The van der Waals surface area contributed by atoms with Crippen molar-refractivity contribution in [3.05, 3.63) is 23.3 Å². The molecular formula is C29H55N6NaO6. The number of nitrogens with zero attached hydrogens (tertiary/aromatic N) is 4. The average Bonchev–Trinajstić information content (AvgIpc) is 3.48. The zero-order valence-electron chi connectivity index (χ0n) is 27.2. The number of rotatable bonds is 5. The molecule has 42 heavy (non-hydrogen) atoms. The van der Waals surface area contributed by atoms with Gasteiger partial charge in [-0.15, -0.1) is 0 Å². The number of aromatic nitrogens is 6. The SMILES string of the molecule is CC1CC(C)C(O)C(C)C1.C[O-].Cc1nc(CC(=O)O)n[nH]1.Cc1nc(CC(=O)OC2C(C)CC(C)CC2C)n[nH]1.[HH].[HH].[Na+]. The predicted octanol–water partition coefficient (Wildman–Crippen LogP) is 0.532. The Hall–Kier alpha value is -1.86. The van der Waals surface area contributed by atoms with Gasteiger partial charge in [-0.2, -0.15) is 17.3 Å². The summed E-state index contributed by atoms with van der Waals surface area (Å²) in [5, 5.41) is 39.0. The molecule has 4 unspecified atom stereocenters. The van der Waals surface area contributed by atoms with Crippen LogP contribution in [0.2, 0.25) is 0 Å². The van der Waals surface area contributed by atoms with Crippen molar-refractivity contribution in [1.82, 2.24) is 30.4 Å². The van der Waals surface area contributed by atoms with E-state index in [1.54, 1.807) is 6.92 Å². The first-order chi connectivity index (χ1) is 19.2. The standard InChI is InChI=1S/C14H23N3O2.C9H18O.C5H7N3O2.CH3O.Na.2H2/c1-8-5-9(2)14(10(3)6-8)19-13(18)7-12-15-11(4)16-17-12;1-6-4-7(2)9(10)8(3)5-6;1-3-6-4(8-7-3)2-5(9)10;1-2;;;/h8-10,14H,5-7H2,1-4H3,(H,15,16,17);6-10H,4-5H2,1-3H3;2H2,1H3,(H,9,10)(H,6,7,8);1H3;;2*1H/q;;;-1;+1;;. The van der Waals surface area contributed by atoms with Gasteiger partial charge in [0.2, 0.25) is 0 Å². The number of aliphatic hydroxyl groups excluding tert-OH is 1. The monoisotopic (exact) mass is 606 g/mol. The zero-order valence-corrected chi connectivity index (χ0v) is 29.2. The number of aromatic amines is 2. The van der Waals surface area contributed by atoms with Crippen molar-refractivity contribution in [2.75, 3.05) is 7.11 Å². The number of H-pyrrole nitrogens is 2. The molecule has 2 aromatic heterocycles. The molecule has 2 fully saturated rings. The van der Waals surface area contributed by atoms with Gasteiger partial charge in [-0.05, 0) is 75.0 Å². The molecule has 0 aromatic carbocycles. The van der Waals surface area contributed by atoms with E-state index < -0.39 is 5.97 Å². The molecule has 0 saturated heterocycles. The fourth-order valence-electron chi connectivity index (χ4n) is 6.03. The zero-order chi connectivity index (χ0) is 31.3. The van der Waals surface area contributed by atoms with E-state index in [-0.39, 0.29) is 63.4 Å². The first-order valence-electron chi connectivity index (χ1n) is 14.5. The molecule has 0 radical (unpaired) electrons. The summed E-state index contributed by atoms with van der Waals surface area (Å²) in [4.78, 5) is 30.0. The number of nitrogens with one attached hydrogen (secondary N) is 2. The molecule has 4 N–H and O–H groups in total. The van der Waals surface area contributed by atoms with Crippen molar-refractivity contribution in [3.8, 4) is 0 Å². The number of hydrogen-bond acceptors (Lipinski definition) is 9. The van der Waals surface area contributed by atoms with Crippen LogP contribution in [0.25, 0.3) is 0 Å². The van der Waals surface area contributed by atoms with E-state index in [0.717, 1.165) is 37.6 Å². The molecule has 4 atom stereocenters. The van der Waals surface area contributed by atoms with Crippen LogP contribution in [-0.4, -0.2) is 71.8 Å². The Bertz CT molecular complexity index is 1040. The number of carboxylic acid groups (broad SMARTS) is 1. The summed E-state index contributed by atoms with van der Waals surface area (Å²) in [6.45, 7) is 16.7. The van der Waals surface area contributed by atoms with E-state index in [9.17, 15) is 14.7 Å². The van der Waals surface area contributed by atoms with Gasteiger partial charge in [0.05, 0.1) is 6.10 Å². The third-order valence-corrected chi connectivity index (χ3v) is 7.55. The van der Waals surface area contributed by atoms with Gasteiger partial charge in [-0.1, -0.05) is 41.5 Å². The third kappa shape index (κ3) is 14.5. The Morgan fingerprint density at radius 1 is 0.810 bits per heavy atom. The van der Waals surface area contributed by atoms with Crippen LogP contribution >= 0.6 is 0 Å². The fraction of sp³-hybridized carbons (Fsp3) is 0.793. The maximum atomic E-state index is 11.9. The average molecular weight is 607 g/mol. The van der Waals surface area contributed by atoms with E-state index in [2.05, 4.69) is 71.9 Å². The smallest absolute Gasteiger partial charge is 0.857 e. The second-order valence-corrected chi connectivity index (χ2v) is 11.9. The van der Waals surface area contributed by atoms with Crippen molar-refractivity contribution in [3.63, 3.8) is 0 Å². The molecule has 2 heterocycles. The largest absolute Gasteiger partial charge is 1.00 e. The van der Waals surface area contributed by atoms with Gasteiger partial charge in [0.15, 0.2) is 11.6 Å². The minimum Gasteiger partial charge on any atom is -0.857 e. The van der Waals surface area contributed by atoms with E-state index in [1.165, 1.54) is 12.8 Å². The van der Waals surface area contributed by atoms with E-state index in [0.29, 0.717) is 41.1 Å². The number of carbonyl (C=O) groups is 2. The van der Waals surface area contributed by atoms with Crippen LogP contribution < -0.4 is 34.7 Å². The molecule has 4 rings (SSSR count). The summed E-state index contributed by atoms with van der Waals surface area (Å²) in [6.07, 6.45) is 4.67. The predicted molar refractivity (Wildman–Crippen MR) is 157 cm³/mol. The molecule has 13 heteroatoms. The molecule has 2 aliphatic rings. The number of carbonyl (C=O) groups excluding carboxylic acids is 1. The second-order valence-electron chi connectivity index (χ2n) is 11.9. The summed E-state index contributed by atoms with van der Waals surface area (Å²) in [5.41, 5.74) is 0. The first-order valence-corrected chi connectivity index (χ1v) is 14.5. The van der Waals surface area contributed by atoms with E-state index in [4.69, 9.17) is 14.9 Å². The van der Waals surface area contributed by atoms with Gasteiger partial charge < -0.3 is 20.1 Å². The molecule has 12 nitrogen and oxygen atoms in total. The minimum atomic E-state index is -0.918. The summed E-state index contributed by atoms with van der Waals surface area (Å²) in [7, 11) is 0.750. The summed E-state index contributed by atoms with van der Waals surface area (Å²) >= 11 is 0. The maximum Gasteiger partial charge on any atom is 1.00 e. The molecular weight excluding hydrogens is 551 g/mol. The molecule has 0 bridgehead atoms. The normalized spacial score (nSPS) is 28.3. The summed E-state index contributed by atoms with van der Waals surface area (Å²) in [5.74, 6) is 4.45. The molecule has 0 spiro atoms. The molecule has 2 aromatic rings. The number of esters is 1. The second kappa shape index (κ2) is 20.2. The van der Waals surface area contributed by atoms with Gasteiger partial charge in [-0.3, -0.25) is 19.8 Å². The molecule has 0 amide bonds. The van der Waals surface area contributed by atoms with Crippen molar-refractivity contribution in [2.45, 2.75) is 106 Å². The Morgan fingerprint density at radius 3 is 1.55 bits per heavy atom. The van der Waals surface area contributed by atoms with Gasteiger partial charge in [-0.25, -0.2) is 9.97 Å². The van der Waals surface area contributed by atoms with Crippen LogP contribution in [0.4, 0.5) is 0 Å². The third-order valence-electron chi connectivity index (χ3n) is 7.55. The Morgan fingerprint density at radius 2 is 1.19 bits per heavy atom.